The van der Waals surface area contributed by atoms with E-state index in [4.69, 9.17) is 0 Å². The largest absolute Gasteiger partial charge is 0.343 e. The first-order chi connectivity index (χ1) is 17.9. The van der Waals surface area contributed by atoms with Gasteiger partial charge in [0.25, 0.3) is 0 Å². The Morgan fingerprint density at radius 1 is 0.838 bits per heavy atom. The molecule has 37 heavy (non-hydrogen) atoms. The lowest BCUT2D eigenvalue weighted by molar-refractivity contribution is -0.157. The molecule has 2 amide bonds. The van der Waals surface area contributed by atoms with Crippen molar-refractivity contribution in [3.63, 3.8) is 0 Å². The maximum atomic E-state index is 12.8. The summed E-state index contributed by atoms with van der Waals surface area (Å²) in [5.41, 5.74) is 5.31. The quantitative estimate of drug-likeness (QED) is 0.453. The third-order valence-electron chi connectivity index (χ3n) is 7.68. The van der Waals surface area contributed by atoms with Gasteiger partial charge in [-0.05, 0) is 42.2 Å². The van der Waals surface area contributed by atoms with Crippen LogP contribution in [0, 0.1) is 0 Å². The van der Waals surface area contributed by atoms with Crippen LogP contribution < -0.4 is 5.32 Å². The van der Waals surface area contributed by atoms with Crippen LogP contribution in [0.2, 0.25) is 0 Å². The summed E-state index contributed by atoms with van der Waals surface area (Å²) in [7, 11) is 0. The Morgan fingerprint density at radius 2 is 1.54 bits per heavy atom. The van der Waals surface area contributed by atoms with Crippen LogP contribution in [0.1, 0.15) is 25.0 Å². The molecule has 4 aromatic rings. The molecule has 6 nitrogen and oxygen atoms in total. The summed E-state index contributed by atoms with van der Waals surface area (Å²) in [6.45, 7) is 6.97. The topological polar surface area (TPSA) is 57.6 Å². The average Bonchev–Trinajstić information content (AvgIpc) is 3.25. The van der Waals surface area contributed by atoms with Crippen molar-refractivity contribution in [2.24, 2.45) is 0 Å². The number of rotatable bonds is 5. The van der Waals surface area contributed by atoms with E-state index in [1.807, 2.05) is 6.07 Å². The highest BCUT2D eigenvalue weighted by Crippen LogP contribution is 2.27. The molecule has 2 aliphatic heterocycles. The van der Waals surface area contributed by atoms with Gasteiger partial charge in [-0.3, -0.25) is 14.5 Å². The van der Waals surface area contributed by atoms with Crippen LogP contribution in [0.3, 0.4) is 0 Å². The Labute approximate surface area is 217 Å². The number of carbonyl (C=O) groups excluding carboxylic acids is 2. The van der Waals surface area contributed by atoms with Gasteiger partial charge in [-0.1, -0.05) is 72.8 Å². The van der Waals surface area contributed by atoms with Gasteiger partial charge in [0.05, 0.1) is 0 Å². The predicted octanol–water partition coefficient (Wildman–Crippen LogP) is 4.28. The van der Waals surface area contributed by atoms with Crippen molar-refractivity contribution < 1.29 is 9.59 Å². The van der Waals surface area contributed by atoms with Gasteiger partial charge in [-0.25, -0.2) is 0 Å². The molecule has 0 radical (unpaired) electrons. The van der Waals surface area contributed by atoms with Gasteiger partial charge in [0.15, 0.2) is 0 Å². The maximum Gasteiger partial charge on any atom is 0.248 e. The van der Waals surface area contributed by atoms with E-state index in [0.29, 0.717) is 13.1 Å². The average molecular weight is 493 g/mol. The van der Waals surface area contributed by atoms with Crippen molar-refractivity contribution in [3.05, 3.63) is 96.2 Å². The minimum atomic E-state index is -0.831. The van der Waals surface area contributed by atoms with Crippen LogP contribution in [0.4, 0.5) is 0 Å². The second-order valence-corrected chi connectivity index (χ2v) is 10.7. The van der Waals surface area contributed by atoms with Gasteiger partial charge < -0.3 is 14.8 Å². The molecule has 6 heteroatoms. The van der Waals surface area contributed by atoms with E-state index >= 15 is 0 Å². The zero-order valence-corrected chi connectivity index (χ0v) is 21.4. The Balaban J connectivity index is 1.21. The van der Waals surface area contributed by atoms with E-state index in [9.17, 15) is 9.59 Å². The predicted molar refractivity (Wildman–Crippen MR) is 146 cm³/mol. The zero-order valence-electron chi connectivity index (χ0n) is 21.4. The molecule has 6 rings (SSSR count). The Morgan fingerprint density at radius 3 is 2.32 bits per heavy atom. The monoisotopic (exact) mass is 492 g/mol. The number of hydrogen-bond donors (Lipinski definition) is 1. The molecule has 0 spiro atoms. The fraction of sp³-hybridized carbons (Fsp3) is 0.290. The fourth-order valence-corrected chi connectivity index (χ4v) is 5.70. The molecule has 1 aromatic heterocycles. The van der Waals surface area contributed by atoms with Crippen molar-refractivity contribution in [3.8, 4) is 11.1 Å². The summed E-state index contributed by atoms with van der Waals surface area (Å²) >= 11 is 0. The summed E-state index contributed by atoms with van der Waals surface area (Å²) < 4.78 is 2.32. The van der Waals surface area contributed by atoms with Crippen molar-refractivity contribution in [1.29, 1.82) is 0 Å². The number of aromatic nitrogens is 1. The van der Waals surface area contributed by atoms with E-state index in [1.54, 1.807) is 18.7 Å². The zero-order chi connectivity index (χ0) is 25.6. The number of nitrogens with zero attached hydrogens (tertiary/aromatic N) is 3. The van der Waals surface area contributed by atoms with Crippen molar-refractivity contribution in [2.45, 2.75) is 38.5 Å². The second kappa shape index (κ2) is 9.20. The molecule has 0 aliphatic carbocycles. The van der Waals surface area contributed by atoms with Gasteiger partial charge >= 0.3 is 0 Å². The molecule has 2 fully saturated rings. The maximum absolute atomic E-state index is 12.8. The number of hydrogen-bond acceptors (Lipinski definition) is 3. The van der Waals surface area contributed by atoms with E-state index in [-0.39, 0.29) is 11.8 Å². The first kappa shape index (κ1) is 23.5. The molecular weight excluding hydrogens is 460 g/mol. The summed E-state index contributed by atoms with van der Waals surface area (Å²) in [6, 6.07) is 27.3. The lowest BCUT2D eigenvalue weighted by Crippen LogP contribution is -2.72. The molecule has 0 bridgehead atoms. The molecule has 1 N–H and O–H groups in total. The molecule has 3 aromatic carbocycles. The lowest BCUT2D eigenvalue weighted by atomic mass is 9.95. The fourth-order valence-electron chi connectivity index (χ4n) is 5.70. The third kappa shape index (κ3) is 4.42. The normalized spacial score (nSPS) is 19.6. The van der Waals surface area contributed by atoms with Crippen LogP contribution in [0.5, 0.6) is 0 Å². The number of para-hydroxylation sites is 1. The molecule has 2 aliphatic rings. The van der Waals surface area contributed by atoms with Crippen LogP contribution >= 0.6 is 0 Å². The lowest BCUT2D eigenvalue weighted by Gasteiger charge is -2.47. The van der Waals surface area contributed by atoms with E-state index < -0.39 is 11.6 Å². The number of amides is 2. The van der Waals surface area contributed by atoms with Crippen molar-refractivity contribution >= 4 is 22.7 Å². The number of nitrogens with one attached hydrogen (secondary N) is 1. The Bertz CT molecular complexity index is 1460. The number of fused-ring (bicyclic) bond motifs is 2. The van der Waals surface area contributed by atoms with Gasteiger partial charge in [0, 0.05) is 49.8 Å². The summed E-state index contributed by atoms with van der Waals surface area (Å²) in [5, 5.41) is 4.14. The van der Waals surface area contributed by atoms with E-state index in [0.717, 1.165) is 19.6 Å². The Hall–Kier alpha value is -3.90. The van der Waals surface area contributed by atoms with Crippen molar-refractivity contribution in [2.75, 3.05) is 19.6 Å². The third-order valence-corrected chi connectivity index (χ3v) is 7.68. The summed E-state index contributed by atoms with van der Waals surface area (Å²) in [6.07, 6.45) is 2.25. The highest BCUT2D eigenvalue weighted by molar-refractivity contribution is 5.99. The molecular formula is C31H32N4O2. The minimum absolute atomic E-state index is 0.00614. The van der Waals surface area contributed by atoms with Gasteiger partial charge in [0.2, 0.25) is 11.8 Å². The molecule has 2 saturated heterocycles. The molecule has 0 saturated carbocycles. The van der Waals surface area contributed by atoms with Gasteiger partial charge in [-0.2, -0.15) is 0 Å². The summed E-state index contributed by atoms with van der Waals surface area (Å²) in [5.74, 6) is -0.0534. The van der Waals surface area contributed by atoms with Crippen LogP contribution in [-0.4, -0.2) is 57.4 Å². The first-order valence-electron chi connectivity index (χ1n) is 13.0. The van der Waals surface area contributed by atoms with Crippen LogP contribution in [-0.2, 0) is 22.7 Å². The number of benzene rings is 3. The molecule has 1 unspecified atom stereocenters. The molecule has 188 valence electrons. The molecule has 3 heterocycles. The number of carbonyl (C=O) groups is 2. The van der Waals surface area contributed by atoms with Crippen molar-refractivity contribution in [1.82, 2.24) is 19.7 Å². The van der Waals surface area contributed by atoms with Gasteiger partial charge in [0.1, 0.15) is 11.6 Å². The minimum Gasteiger partial charge on any atom is -0.343 e. The Kier molecular flexibility index (Phi) is 5.84. The van der Waals surface area contributed by atoms with Gasteiger partial charge in [-0.15, -0.1) is 0 Å². The molecule has 1 atom stereocenters. The summed E-state index contributed by atoms with van der Waals surface area (Å²) in [4.78, 5) is 29.7. The van der Waals surface area contributed by atoms with Crippen LogP contribution in [0.15, 0.2) is 85.1 Å². The van der Waals surface area contributed by atoms with Crippen LogP contribution in [0.25, 0.3) is 22.0 Å². The first-order valence-corrected chi connectivity index (χ1v) is 13.0. The van der Waals surface area contributed by atoms with E-state index in [1.165, 1.54) is 33.2 Å². The van der Waals surface area contributed by atoms with E-state index in [2.05, 4.69) is 93.8 Å². The number of piperazine rings is 2. The smallest absolute Gasteiger partial charge is 0.248 e. The SMILES string of the molecule is CC1(C)NC(=O)C2CN(Cc3cn(Cc4ccc(-c5ccccc5)cc4)c4ccccc34)CCN2C1=O. The highest BCUT2D eigenvalue weighted by atomic mass is 16.2. The standard InChI is InChI=1S/C31H32N4O2/c1-31(2)30(37)35-17-16-33(21-28(35)29(36)32-31)19-25-20-34(27-11-7-6-10-26(25)27)18-22-12-14-24(15-13-22)23-8-4-3-5-9-23/h3-15,20,28H,16-19,21H2,1-2H3,(H,32,36). The highest BCUT2D eigenvalue weighted by Gasteiger charge is 2.47. The second-order valence-electron chi connectivity index (χ2n) is 10.7.